The molecule has 0 radical (unpaired) electrons. The van der Waals surface area contributed by atoms with Crippen molar-refractivity contribution in [2.24, 2.45) is 4.99 Å². The average Bonchev–Trinajstić information content (AvgIpc) is 2.63. The molecule has 0 spiro atoms. The van der Waals surface area contributed by atoms with E-state index in [-0.39, 0.29) is 18.1 Å². The van der Waals surface area contributed by atoms with E-state index in [1.54, 1.807) is 0 Å². The van der Waals surface area contributed by atoms with E-state index >= 15 is 0 Å². The fourth-order valence-electron chi connectivity index (χ4n) is 2.74. The Labute approximate surface area is 151 Å². The number of methoxy groups -OCH3 is 1. The maximum Gasteiger partial charge on any atom is 0.337 e. The van der Waals surface area contributed by atoms with Crippen LogP contribution in [0.25, 0.3) is 0 Å². The third-order valence-corrected chi connectivity index (χ3v) is 5.42. The van der Waals surface area contributed by atoms with Gasteiger partial charge in [-0.1, -0.05) is 0 Å². The van der Waals surface area contributed by atoms with Crippen LogP contribution in [0.2, 0.25) is 0 Å². The van der Waals surface area contributed by atoms with Crippen LogP contribution in [0.4, 0.5) is 8.78 Å². The van der Waals surface area contributed by atoms with Crippen molar-refractivity contribution in [1.82, 2.24) is 15.2 Å². The smallest absolute Gasteiger partial charge is 0.337 e. The van der Waals surface area contributed by atoms with Gasteiger partial charge in [0.15, 0.2) is 11.7 Å². The summed E-state index contributed by atoms with van der Waals surface area (Å²) < 4.78 is 43.4. The molecule has 0 saturated carbocycles. The van der Waals surface area contributed by atoms with Gasteiger partial charge in [-0.25, -0.2) is 18.6 Å². The lowest BCUT2D eigenvalue weighted by molar-refractivity contribution is -0.136. The predicted octanol–water partition coefficient (Wildman–Crippen LogP) is 0.201. The van der Waals surface area contributed by atoms with Gasteiger partial charge < -0.3 is 10.1 Å². The summed E-state index contributed by atoms with van der Waals surface area (Å²) in [5, 5.41) is 2.94. The SMILES string of the molecule is COC(=O)C1=C(CN2CCS(=O)CC2)NC(c2ncc(F)cc2F)=NC1. The molecule has 2 aliphatic heterocycles. The van der Waals surface area contributed by atoms with Crippen LogP contribution in [0.3, 0.4) is 0 Å². The highest BCUT2D eigenvalue weighted by atomic mass is 32.2. The number of amidine groups is 1. The molecule has 1 saturated heterocycles. The van der Waals surface area contributed by atoms with Gasteiger partial charge in [-0.3, -0.25) is 14.1 Å². The standard InChI is InChI=1S/C16H18F2N4O3S/c1-25-16(23)11-8-20-15(14-12(18)6-10(17)7-19-14)21-13(11)9-22-2-4-26(24)5-3-22/h6-7H,2-5,8-9H2,1H3,(H,20,21). The van der Waals surface area contributed by atoms with E-state index in [1.165, 1.54) is 7.11 Å². The molecular formula is C16H18F2N4O3S. The number of rotatable bonds is 4. The highest BCUT2D eigenvalue weighted by molar-refractivity contribution is 7.85. The Bertz CT molecular complexity index is 803. The average molecular weight is 384 g/mol. The summed E-state index contributed by atoms with van der Waals surface area (Å²) in [5.41, 5.74) is 0.748. The monoisotopic (exact) mass is 384 g/mol. The minimum absolute atomic E-state index is 0.00259. The Balaban J connectivity index is 1.83. The van der Waals surface area contributed by atoms with Crippen LogP contribution in [0.5, 0.6) is 0 Å². The lowest BCUT2D eigenvalue weighted by Gasteiger charge is -2.29. The van der Waals surface area contributed by atoms with Crippen LogP contribution in [0.15, 0.2) is 28.5 Å². The minimum Gasteiger partial charge on any atom is -0.466 e. The number of hydrogen-bond acceptors (Lipinski definition) is 7. The molecule has 0 bridgehead atoms. The van der Waals surface area contributed by atoms with Gasteiger partial charge in [0.25, 0.3) is 0 Å². The molecule has 26 heavy (non-hydrogen) atoms. The molecule has 140 valence electrons. The molecule has 1 aromatic heterocycles. The van der Waals surface area contributed by atoms with Gasteiger partial charge >= 0.3 is 5.97 Å². The fraction of sp³-hybridized carbons (Fsp3) is 0.438. The Hall–Kier alpha value is -2.20. The molecule has 7 nitrogen and oxygen atoms in total. The molecule has 0 amide bonds. The largest absolute Gasteiger partial charge is 0.466 e. The first-order chi connectivity index (χ1) is 12.5. The maximum absolute atomic E-state index is 14.0. The van der Waals surface area contributed by atoms with Gasteiger partial charge in [0.2, 0.25) is 0 Å². The van der Waals surface area contributed by atoms with Gasteiger partial charge in [-0.05, 0) is 0 Å². The van der Waals surface area contributed by atoms with Crippen LogP contribution in [0.1, 0.15) is 5.69 Å². The summed E-state index contributed by atoms with van der Waals surface area (Å²) >= 11 is 0. The number of esters is 1. The van der Waals surface area contributed by atoms with Crippen LogP contribution in [0, 0.1) is 11.6 Å². The van der Waals surface area contributed by atoms with Gasteiger partial charge in [-0.15, -0.1) is 0 Å². The maximum atomic E-state index is 14.0. The third-order valence-electron chi connectivity index (χ3n) is 4.14. The molecule has 0 aliphatic carbocycles. The molecule has 0 aromatic carbocycles. The van der Waals surface area contributed by atoms with Crippen molar-refractivity contribution in [3.8, 4) is 0 Å². The van der Waals surface area contributed by atoms with Gasteiger partial charge in [-0.2, -0.15) is 0 Å². The van der Waals surface area contributed by atoms with Crippen LogP contribution >= 0.6 is 0 Å². The zero-order valence-corrected chi connectivity index (χ0v) is 14.9. The van der Waals surface area contributed by atoms with Gasteiger partial charge in [0.05, 0.1) is 25.4 Å². The molecule has 3 heterocycles. The van der Waals surface area contributed by atoms with Crippen molar-refractivity contribution in [3.05, 3.63) is 40.9 Å². The van der Waals surface area contributed by atoms with Crippen molar-refractivity contribution in [2.45, 2.75) is 0 Å². The summed E-state index contributed by atoms with van der Waals surface area (Å²) in [5.74, 6) is -0.888. The van der Waals surface area contributed by atoms with Crippen molar-refractivity contribution in [3.63, 3.8) is 0 Å². The summed E-state index contributed by atoms with van der Waals surface area (Å²) in [6.07, 6.45) is 0.905. The lowest BCUT2D eigenvalue weighted by Crippen LogP contribution is -2.43. The van der Waals surface area contributed by atoms with Crippen LogP contribution in [-0.4, -0.2) is 70.7 Å². The van der Waals surface area contributed by atoms with E-state index in [1.807, 2.05) is 4.90 Å². The number of nitrogens with one attached hydrogen (secondary N) is 1. The minimum atomic E-state index is -0.842. The normalized spacial score (nSPS) is 19.1. The Morgan fingerprint density at radius 2 is 2.12 bits per heavy atom. The van der Waals surface area contributed by atoms with Crippen LogP contribution < -0.4 is 5.32 Å². The van der Waals surface area contributed by atoms with E-state index in [9.17, 15) is 17.8 Å². The second-order valence-electron chi connectivity index (χ2n) is 5.85. The van der Waals surface area contributed by atoms with E-state index < -0.39 is 28.4 Å². The van der Waals surface area contributed by atoms with Gasteiger partial charge in [0, 0.05) is 53.7 Å². The number of carbonyl (C=O) groups is 1. The Morgan fingerprint density at radius 3 is 2.77 bits per heavy atom. The number of carbonyl (C=O) groups excluding carboxylic acids is 1. The van der Waals surface area contributed by atoms with E-state index in [0.29, 0.717) is 42.4 Å². The Morgan fingerprint density at radius 1 is 1.38 bits per heavy atom. The second-order valence-corrected chi connectivity index (χ2v) is 7.54. The third kappa shape index (κ3) is 4.13. The second kappa shape index (κ2) is 8.00. The van der Waals surface area contributed by atoms with E-state index in [4.69, 9.17) is 4.74 Å². The number of halogens is 2. The number of aliphatic imine (C=N–C) groups is 1. The molecule has 0 unspecified atom stereocenters. The highest BCUT2D eigenvalue weighted by Crippen LogP contribution is 2.16. The predicted molar refractivity (Wildman–Crippen MR) is 92.1 cm³/mol. The number of pyridine rings is 1. The van der Waals surface area contributed by atoms with Crippen molar-refractivity contribution >= 4 is 22.6 Å². The molecule has 0 atom stereocenters. The molecule has 10 heteroatoms. The Kier molecular flexibility index (Phi) is 5.72. The molecule has 1 fully saturated rings. The molecule has 2 aliphatic rings. The highest BCUT2D eigenvalue weighted by Gasteiger charge is 2.26. The number of aromatic nitrogens is 1. The van der Waals surface area contributed by atoms with Crippen molar-refractivity contribution in [2.75, 3.05) is 44.8 Å². The molecule has 1 N–H and O–H groups in total. The first-order valence-corrected chi connectivity index (χ1v) is 9.47. The topological polar surface area (TPSA) is 83.9 Å². The summed E-state index contributed by atoms with van der Waals surface area (Å²) in [6, 6.07) is 0.728. The van der Waals surface area contributed by atoms with Crippen molar-refractivity contribution in [1.29, 1.82) is 0 Å². The summed E-state index contributed by atoms with van der Waals surface area (Å²) in [4.78, 5) is 22.0. The van der Waals surface area contributed by atoms with E-state index in [0.717, 1.165) is 12.3 Å². The zero-order chi connectivity index (χ0) is 18.7. The fourth-order valence-corrected chi connectivity index (χ4v) is 3.87. The quantitative estimate of drug-likeness (QED) is 0.747. The van der Waals surface area contributed by atoms with Crippen molar-refractivity contribution < 1.29 is 22.5 Å². The van der Waals surface area contributed by atoms with Crippen LogP contribution in [-0.2, 0) is 20.3 Å². The number of nitrogens with zero attached hydrogens (tertiary/aromatic N) is 3. The van der Waals surface area contributed by atoms with E-state index in [2.05, 4.69) is 15.3 Å². The first kappa shape index (κ1) is 18.6. The molecular weight excluding hydrogens is 366 g/mol. The molecule has 1 aromatic rings. The van der Waals surface area contributed by atoms with Gasteiger partial charge in [0.1, 0.15) is 11.5 Å². The number of hydrogen-bond donors (Lipinski definition) is 1. The molecule has 3 rings (SSSR count). The number of ether oxygens (including phenoxy) is 1. The summed E-state index contributed by atoms with van der Waals surface area (Å²) in [6.45, 7) is 1.63. The first-order valence-electron chi connectivity index (χ1n) is 7.98. The zero-order valence-electron chi connectivity index (χ0n) is 14.1. The summed E-state index contributed by atoms with van der Waals surface area (Å²) in [7, 11) is 0.458. The lowest BCUT2D eigenvalue weighted by atomic mass is 10.1.